The highest BCUT2D eigenvalue weighted by Gasteiger charge is 2.17. The van der Waals surface area contributed by atoms with Crippen LogP contribution in [0.25, 0.3) is 0 Å². The number of anilines is 1. The van der Waals surface area contributed by atoms with Crippen LogP contribution in [-0.2, 0) is 22.9 Å². The Morgan fingerprint density at radius 2 is 1.95 bits per heavy atom. The molecule has 0 fully saturated rings. The van der Waals surface area contributed by atoms with E-state index in [0.717, 1.165) is 29.2 Å². The Morgan fingerprint density at radius 1 is 1.19 bits per heavy atom. The Kier molecular flexibility index (Phi) is 3.91. The number of benzene rings is 1. The van der Waals surface area contributed by atoms with E-state index in [0.29, 0.717) is 5.69 Å². The first-order valence-electron chi connectivity index (χ1n) is 6.74. The van der Waals surface area contributed by atoms with E-state index in [1.807, 2.05) is 24.3 Å². The predicted molar refractivity (Wildman–Crippen MR) is 85.3 cm³/mol. The molecule has 0 saturated heterocycles. The number of rotatable bonds is 4. The van der Waals surface area contributed by atoms with E-state index in [2.05, 4.69) is 15.8 Å². The van der Waals surface area contributed by atoms with Gasteiger partial charge in [-0.2, -0.15) is 0 Å². The van der Waals surface area contributed by atoms with E-state index < -0.39 is 10.0 Å². The van der Waals surface area contributed by atoms with Crippen LogP contribution in [0.3, 0.4) is 0 Å². The minimum atomic E-state index is -3.29. The lowest BCUT2D eigenvalue weighted by Gasteiger charge is -2.13. The van der Waals surface area contributed by atoms with Gasteiger partial charge in [0.1, 0.15) is 5.03 Å². The lowest BCUT2D eigenvalue weighted by molar-refractivity contribution is 0.606. The van der Waals surface area contributed by atoms with Crippen molar-refractivity contribution in [1.29, 1.82) is 0 Å². The number of aromatic nitrogens is 1. The maximum absolute atomic E-state index is 11.6. The van der Waals surface area contributed by atoms with Gasteiger partial charge < -0.3 is 0 Å². The molecule has 3 rings (SSSR count). The van der Waals surface area contributed by atoms with Crippen LogP contribution < -0.4 is 4.72 Å². The number of sulfonamides is 1. The lowest BCUT2D eigenvalue weighted by atomic mass is 10.1. The van der Waals surface area contributed by atoms with Gasteiger partial charge in [-0.15, -0.1) is 0 Å². The summed E-state index contributed by atoms with van der Waals surface area (Å²) in [5, 5.41) is 0.854. The third kappa shape index (κ3) is 3.57. The smallest absolute Gasteiger partial charge is 0.229 e. The van der Waals surface area contributed by atoms with Crippen molar-refractivity contribution in [3.05, 3.63) is 47.7 Å². The van der Waals surface area contributed by atoms with Crippen LogP contribution in [0.5, 0.6) is 0 Å². The van der Waals surface area contributed by atoms with Crippen LogP contribution in [0.15, 0.2) is 46.5 Å². The molecule has 1 aromatic heterocycles. The fourth-order valence-electron chi connectivity index (χ4n) is 2.49. The molecule has 6 heteroatoms. The summed E-state index contributed by atoms with van der Waals surface area (Å²) in [6, 6.07) is 9.76. The number of fused-ring (bicyclic) bond motifs is 1. The minimum absolute atomic E-state index is 0.647. The van der Waals surface area contributed by atoms with Gasteiger partial charge >= 0.3 is 0 Å². The molecule has 0 aliphatic heterocycles. The van der Waals surface area contributed by atoms with Gasteiger partial charge in [-0.1, -0.05) is 17.8 Å². The Bertz CT molecular complexity index is 759. The minimum Gasteiger partial charge on any atom is -0.283 e. The second kappa shape index (κ2) is 5.69. The van der Waals surface area contributed by atoms with Crippen molar-refractivity contribution >= 4 is 27.5 Å². The topological polar surface area (TPSA) is 59.1 Å². The first-order chi connectivity index (χ1) is 10.0. The molecule has 0 saturated carbocycles. The highest BCUT2D eigenvalue weighted by molar-refractivity contribution is 7.99. The average molecular weight is 320 g/mol. The van der Waals surface area contributed by atoms with Crippen molar-refractivity contribution in [3.8, 4) is 0 Å². The first-order valence-corrected chi connectivity index (χ1v) is 9.44. The number of hydrogen-bond acceptors (Lipinski definition) is 4. The number of pyridine rings is 1. The Labute approximate surface area is 129 Å². The summed E-state index contributed by atoms with van der Waals surface area (Å²) in [4.78, 5) is 5.19. The molecule has 0 amide bonds. The van der Waals surface area contributed by atoms with Gasteiger partial charge in [-0.05, 0) is 54.7 Å². The quantitative estimate of drug-likeness (QED) is 0.940. The van der Waals surface area contributed by atoms with Crippen molar-refractivity contribution in [2.24, 2.45) is 0 Å². The van der Waals surface area contributed by atoms with E-state index in [-0.39, 0.29) is 0 Å². The molecule has 0 unspecified atom stereocenters. The molecule has 1 N–H and O–H groups in total. The Balaban J connectivity index is 2.00. The molecule has 4 nitrogen and oxygen atoms in total. The second-order valence-corrected chi connectivity index (χ2v) is 7.93. The zero-order valence-corrected chi connectivity index (χ0v) is 13.3. The molecule has 2 aromatic rings. The number of nitrogens with zero attached hydrogens (tertiary/aromatic N) is 1. The van der Waals surface area contributed by atoms with Crippen LogP contribution in [0, 0.1) is 0 Å². The molecule has 1 aromatic carbocycles. The third-order valence-corrected chi connectivity index (χ3v) is 4.94. The third-order valence-electron chi connectivity index (χ3n) is 3.34. The van der Waals surface area contributed by atoms with Crippen LogP contribution in [0.4, 0.5) is 5.69 Å². The predicted octanol–water partition coefficient (Wildman–Crippen LogP) is 3.09. The summed E-state index contributed by atoms with van der Waals surface area (Å²) in [6.45, 7) is 0. The maximum Gasteiger partial charge on any atom is 0.229 e. The molecule has 0 radical (unpaired) electrons. The molecule has 110 valence electrons. The van der Waals surface area contributed by atoms with Crippen molar-refractivity contribution in [2.45, 2.75) is 29.2 Å². The fraction of sp³-hybridized carbons (Fsp3) is 0.267. The molecule has 1 aliphatic rings. The highest BCUT2D eigenvalue weighted by atomic mass is 32.2. The average Bonchev–Trinajstić information content (AvgIpc) is 2.85. The largest absolute Gasteiger partial charge is 0.283 e. The summed E-state index contributed by atoms with van der Waals surface area (Å²) in [6.07, 6.45) is 6.12. The second-order valence-electron chi connectivity index (χ2n) is 5.11. The molecule has 21 heavy (non-hydrogen) atoms. The van der Waals surface area contributed by atoms with E-state index >= 15 is 0 Å². The van der Waals surface area contributed by atoms with E-state index in [9.17, 15) is 8.42 Å². The Hall–Kier alpha value is -1.53. The molecule has 0 bridgehead atoms. The van der Waals surface area contributed by atoms with E-state index in [4.69, 9.17) is 0 Å². The monoisotopic (exact) mass is 320 g/mol. The van der Waals surface area contributed by atoms with Crippen LogP contribution >= 0.6 is 11.8 Å². The van der Waals surface area contributed by atoms with E-state index in [1.165, 1.54) is 29.1 Å². The molecule has 0 atom stereocenters. The molecule has 1 aliphatic carbocycles. The van der Waals surface area contributed by atoms with E-state index in [1.54, 1.807) is 6.20 Å². The van der Waals surface area contributed by atoms with Crippen LogP contribution in [0.2, 0.25) is 0 Å². The standard InChI is InChI=1S/C15H16N2O2S2/c1-21(18,19)17-13-9-11-5-4-6-12(11)10-14(13)20-15-7-2-3-8-16-15/h2-3,7-10,17H,4-6H2,1H3. The van der Waals surface area contributed by atoms with Crippen molar-refractivity contribution < 1.29 is 8.42 Å². The molecule has 0 spiro atoms. The van der Waals surface area contributed by atoms with Crippen molar-refractivity contribution in [2.75, 3.05) is 11.0 Å². The summed E-state index contributed by atoms with van der Waals surface area (Å²) < 4.78 is 25.8. The van der Waals surface area contributed by atoms with Gasteiger partial charge in [-0.25, -0.2) is 13.4 Å². The van der Waals surface area contributed by atoms with Gasteiger partial charge in [0.05, 0.1) is 11.9 Å². The van der Waals surface area contributed by atoms with Gasteiger partial charge in [0.15, 0.2) is 0 Å². The Morgan fingerprint density at radius 3 is 2.62 bits per heavy atom. The number of hydrogen-bond donors (Lipinski definition) is 1. The van der Waals surface area contributed by atoms with Gasteiger partial charge in [0.25, 0.3) is 0 Å². The van der Waals surface area contributed by atoms with Crippen LogP contribution in [0.1, 0.15) is 17.5 Å². The van der Waals surface area contributed by atoms with Crippen molar-refractivity contribution in [3.63, 3.8) is 0 Å². The molecular weight excluding hydrogens is 304 g/mol. The van der Waals surface area contributed by atoms with Gasteiger partial charge in [-0.3, -0.25) is 4.72 Å². The normalized spacial score (nSPS) is 14.0. The first kappa shape index (κ1) is 14.4. The van der Waals surface area contributed by atoms with Crippen molar-refractivity contribution in [1.82, 2.24) is 4.98 Å². The zero-order chi connectivity index (χ0) is 14.9. The van der Waals surface area contributed by atoms with Gasteiger partial charge in [0, 0.05) is 11.1 Å². The summed E-state index contributed by atoms with van der Waals surface area (Å²) >= 11 is 1.48. The zero-order valence-electron chi connectivity index (χ0n) is 11.7. The molecular formula is C15H16N2O2S2. The summed E-state index contributed by atoms with van der Waals surface area (Å²) in [5.74, 6) is 0. The summed E-state index contributed by atoms with van der Waals surface area (Å²) in [5.41, 5.74) is 3.20. The number of nitrogens with one attached hydrogen (secondary N) is 1. The highest BCUT2D eigenvalue weighted by Crippen LogP contribution is 2.37. The summed E-state index contributed by atoms with van der Waals surface area (Å²) in [7, 11) is -3.29. The maximum atomic E-state index is 11.6. The molecule has 1 heterocycles. The fourth-order valence-corrected chi connectivity index (χ4v) is 4.03. The number of aryl methyl sites for hydroxylation is 2. The SMILES string of the molecule is CS(=O)(=O)Nc1cc2c(cc1Sc1ccccn1)CCC2. The van der Waals surface area contributed by atoms with Gasteiger partial charge in [0.2, 0.25) is 10.0 Å². The lowest BCUT2D eigenvalue weighted by Crippen LogP contribution is -2.10. The van der Waals surface area contributed by atoms with Crippen LogP contribution in [-0.4, -0.2) is 19.7 Å².